The van der Waals surface area contributed by atoms with E-state index in [1.165, 1.54) is 46.8 Å². The Morgan fingerprint density at radius 2 is 1.26 bits per heavy atom. The van der Waals surface area contributed by atoms with Gasteiger partial charge in [0.1, 0.15) is 11.4 Å². The van der Waals surface area contributed by atoms with Gasteiger partial charge in [0.2, 0.25) is 0 Å². The lowest BCUT2D eigenvalue weighted by Gasteiger charge is -2.59. The molecule has 7 rings (SSSR count). The van der Waals surface area contributed by atoms with Crippen molar-refractivity contribution in [2.75, 3.05) is 6.61 Å². The second-order valence-corrected chi connectivity index (χ2v) is 13.6. The van der Waals surface area contributed by atoms with Crippen LogP contribution in [0.3, 0.4) is 0 Å². The zero-order valence-corrected chi connectivity index (χ0v) is 24.9. The van der Waals surface area contributed by atoms with Gasteiger partial charge in [-0.3, -0.25) is 0 Å². The number of esters is 1. The number of aryl methyl sites for hydroxylation is 2. The molecule has 0 amide bonds. The molecule has 0 N–H and O–H groups in total. The first-order chi connectivity index (χ1) is 17.9. The van der Waals surface area contributed by atoms with Crippen LogP contribution in [0.25, 0.3) is 0 Å². The summed E-state index contributed by atoms with van der Waals surface area (Å²) in [7, 11) is -0.216. The number of hydrogen-bond acceptors (Lipinski definition) is 3. The Morgan fingerprint density at radius 3 is 1.74 bits per heavy atom. The standard InChI is InChI=1S/C33H37O3S.BrH/c1-22-14-30(37(28-10-6-4-7-11-28)29-12-8-5-9-13-29)15-23(2)32(22)35-21-31(34)36-33(3)26-17-24-16-25(19-26)20-27(33)18-24;/h4-15,24-27H,16-21H2,1-3H3;1H/q+1;/p-1. The number of halogens is 1. The maximum atomic E-state index is 13.0. The fourth-order valence-electron chi connectivity index (χ4n) is 7.47. The van der Waals surface area contributed by atoms with E-state index in [0.29, 0.717) is 11.8 Å². The maximum Gasteiger partial charge on any atom is 0.344 e. The van der Waals surface area contributed by atoms with Crippen molar-refractivity contribution >= 4 is 16.9 Å². The van der Waals surface area contributed by atoms with Gasteiger partial charge >= 0.3 is 5.97 Å². The minimum absolute atomic E-state index is 0. The van der Waals surface area contributed by atoms with Crippen LogP contribution >= 0.6 is 0 Å². The van der Waals surface area contributed by atoms with Gasteiger partial charge < -0.3 is 26.5 Å². The van der Waals surface area contributed by atoms with Crippen LogP contribution in [0, 0.1) is 37.5 Å². The largest absolute Gasteiger partial charge is 1.00 e. The van der Waals surface area contributed by atoms with Crippen LogP contribution in [0.2, 0.25) is 0 Å². The first-order valence-electron chi connectivity index (χ1n) is 13.7. The van der Waals surface area contributed by atoms with Gasteiger partial charge in [0.25, 0.3) is 0 Å². The van der Waals surface area contributed by atoms with Crippen LogP contribution in [0.4, 0.5) is 0 Å². The van der Waals surface area contributed by atoms with E-state index in [2.05, 4.69) is 93.6 Å². The molecule has 0 atom stereocenters. The van der Waals surface area contributed by atoms with Crippen LogP contribution in [0.1, 0.15) is 50.2 Å². The number of carbonyl (C=O) groups is 1. The summed E-state index contributed by atoms with van der Waals surface area (Å²) in [6.45, 7) is 6.31. The lowest BCUT2D eigenvalue weighted by molar-refractivity contribution is -0.204. The Balaban J connectivity index is 0.00000294. The summed E-state index contributed by atoms with van der Waals surface area (Å²) in [5.41, 5.74) is 1.78. The van der Waals surface area contributed by atoms with Crippen LogP contribution in [-0.2, 0) is 20.4 Å². The zero-order chi connectivity index (χ0) is 25.6. The summed E-state index contributed by atoms with van der Waals surface area (Å²) in [4.78, 5) is 16.9. The highest BCUT2D eigenvalue weighted by Gasteiger charge is 2.57. The smallest absolute Gasteiger partial charge is 0.344 e. The van der Waals surface area contributed by atoms with Gasteiger partial charge in [-0.25, -0.2) is 4.79 Å². The zero-order valence-electron chi connectivity index (χ0n) is 22.5. The number of benzene rings is 3. The molecule has 4 aliphatic rings. The Hall–Kier alpha value is -2.24. The van der Waals surface area contributed by atoms with E-state index in [-0.39, 0.29) is 46.1 Å². The van der Waals surface area contributed by atoms with Gasteiger partial charge in [0.15, 0.2) is 21.3 Å². The van der Waals surface area contributed by atoms with Crippen molar-refractivity contribution in [2.45, 2.75) is 73.2 Å². The van der Waals surface area contributed by atoms with Crippen LogP contribution in [0.15, 0.2) is 87.5 Å². The molecule has 0 unspecified atom stereocenters. The SMILES string of the molecule is Cc1cc([S+](c2ccccc2)c2ccccc2)cc(C)c1OCC(=O)OC1(C)C2CC3CC(C2)CC1C3.[Br-]. The third-order valence-electron chi connectivity index (χ3n) is 9.05. The Kier molecular flexibility index (Phi) is 7.98. The molecule has 0 saturated heterocycles. The quantitative estimate of drug-likeness (QED) is 0.298. The number of carbonyl (C=O) groups excluding carboxylic acids is 1. The normalized spacial score (nSPS) is 27.2. The van der Waals surface area contributed by atoms with Gasteiger partial charge in [0, 0.05) is 12.1 Å². The molecule has 3 aromatic rings. The van der Waals surface area contributed by atoms with Gasteiger partial charge in [-0.05, 0) is 112 Å². The summed E-state index contributed by atoms with van der Waals surface area (Å²) in [6.07, 6.45) is 6.29. The van der Waals surface area contributed by atoms with Crippen LogP contribution < -0.4 is 21.7 Å². The summed E-state index contributed by atoms with van der Waals surface area (Å²) in [6, 6.07) is 25.8. The molecule has 4 aliphatic carbocycles. The maximum absolute atomic E-state index is 13.0. The lowest BCUT2D eigenvalue weighted by atomic mass is 9.50. The average molecular weight is 594 g/mol. The predicted octanol–water partition coefficient (Wildman–Crippen LogP) is 4.54. The Morgan fingerprint density at radius 1 is 0.789 bits per heavy atom. The number of hydrogen-bond donors (Lipinski definition) is 0. The second kappa shape index (κ2) is 11.1. The van der Waals surface area contributed by atoms with Gasteiger partial charge in [-0.2, -0.15) is 0 Å². The van der Waals surface area contributed by atoms with E-state index in [9.17, 15) is 4.79 Å². The van der Waals surface area contributed by atoms with E-state index < -0.39 is 0 Å². The monoisotopic (exact) mass is 592 g/mol. The third-order valence-corrected chi connectivity index (χ3v) is 11.2. The molecule has 0 heterocycles. The molecule has 5 heteroatoms. The van der Waals surface area contributed by atoms with Crippen molar-refractivity contribution in [2.24, 2.45) is 23.7 Å². The molecule has 0 spiro atoms. The third kappa shape index (κ3) is 5.16. The topological polar surface area (TPSA) is 35.5 Å². The van der Waals surface area contributed by atoms with Crippen molar-refractivity contribution in [3.05, 3.63) is 83.9 Å². The summed E-state index contributed by atoms with van der Waals surface area (Å²) < 4.78 is 12.4. The molecule has 3 nitrogen and oxygen atoms in total. The van der Waals surface area contributed by atoms with E-state index in [4.69, 9.17) is 9.47 Å². The Labute approximate surface area is 240 Å². The van der Waals surface area contributed by atoms with Crippen LogP contribution in [0.5, 0.6) is 5.75 Å². The average Bonchev–Trinajstić information content (AvgIpc) is 2.88. The van der Waals surface area contributed by atoms with Gasteiger partial charge in [-0.1, -0.05) is 36.4 Å². The fraction of sp³-hybridized carbons (Fsp3) is 0.424. The van der Waals surface area contributed by atoms with Gasteiger partial charge in [0.05, 0.1) is 10.9 Å². The van der Waals surface area contributed by atoms with Gasteiger partial charge in [-0.15, -0.1) is 0 Å². The molecule has 200 valence electrons. The second-order valence-electron chi connectivity index (χ2n) is 11.6. The van der Waals surface area contributed by atoms with E-state index >= 15 is 0 Å². The number of rotatable bonds is 7. The molecular formula is C33H37BrO3S. The fourth-order valence-corrected chi connectivity index (χ4v) is 9.73. The molecule has 38 heavy (non-hydrogen) atoms. The van der Waals surface area contributed by atoms with Crippen molar-refractivity contribution in [1.29, 1.82) is 0 Å². The van der Waals surface area contributed by atoms with Crippen LogP contribution in [-0.4, -0.2) is 18.2 Å². The van der Waals surface area contributed by atoms with Crippen molar-refractivity contribution in [1.82, 2.24) is 0 Å². The minimum Gasteiger partial charge on any atom is -1.00 e. The first kappa shape index (κ1) is 27.3. The highest BCUT2D eigenvalue weighted by Crippen LogP contribution is 2.59. The first-order valence-corrected chi connectivity index (χ1v) is 14.9. The molecular weight excluding hydrogens is 556 g/mol. The summed E-state index contributed by atoms with van der Waals surface area (Å²) in [5, 5.41) is 0. The summed E-state index contributed by atoms with van der Waals surface area (Å²) >= 11 is 0. The van der Waals surface area contributed by atoms with Crippen molar-refractivity contribution in [3.63, 3.8) is 0 Å². The highest BCUT2D eigenvalue weighted by atomic mass is 79.9. The van der Waals surface area contributed by atoms with E-state index in [0.717, 1.165) is 28.7 Å². The molecule has 4 saturated carbocycles. The van der Waals surface area contributed by atoms with E-state index in [1.807, 2.05) is 0 Å². The van der Waals surface area contributed by atoms with Crippen molar-refractivity contribution in [3.8, 4) is 5.75 Å². The molecule has 0 aliphatic heterocycles. The number of ether oxygens (including phenoxy) is 2. The minimum atomic E-state index is -0.318. The highest BCUT2D eigenvalue weighted by molar-refractivity contribution is 7.97. The van der Waals surface area contributed by atoms with Crippen molar-refractivity contribution < 1.29 is 31.2 Å². The Bertz CT molecular complexity index is 1190. The molecule has 4 fully saturated rings. The van der Waals surface area contributed by atoms with E-state index in [1.54, 1.807) is 0 Å². The molecule has 0 aromatic heterocycles. The molecule has 3 aromatic carbocycles. The summed E-state index contributed by atoms with van der Waals surface area (Å²) in [5.74, 6) is 3.30. The molecule has 4 bridgehead atoms. The predicted molar refractivity (Wildman–Crippen MR) is 148 cm³/mol. The lowest BCUT2D eigenvalue weighted by Crippen LogP contribution is -3.00. The molecule has 0 radical (unpaired) electrons.